The van der Waals surface area contributed by atoms with E-state index in [1.165, 1.54) is 0 Å². The van der Waals surface area contributed by atoms with Crippen molar-refractivity contribution in [2.75, 3.05) is 6.54 Å². The number of amides is 2. The first-order valence-electron chi connectivity index (χ1n) is 7.50. The Morgan fingerprint density at radius 2 is 1.95 bits per heavy atom. The average molecular weight is 302 g/mol. The molecule has 6 nitrogen and oxygen atoms in total. The van der Waals surface area contributed by atoms with Crippen molar-refractivity contribution < 1.29 is 9.59 Å². The van der Waals surface area contributed by atoms with Gasteiger partial charge in [0.15, 0.2) is 5.69 Å². The van der Waals surface area contributed by atoms with Gasteiger partial charge < -0.3 is 10.6 Å². The molecule has 1 aromatic carbocycles. The van der Waals surface area contributed by atoms with Gasteiger partial charge in [-0.25, -0.2) is 0 Å². The summed E-state index contributed by atoms with van der Waals surface area (Å²) in [4.78, 5) is 24.2. The topological polar surface area (TPSA) is 86.9 Å². The first-order chi connectivity index (χ1) is 10.5. The molecule has 1 aromatic heterocycles. The number of aromatic amines is 1. The van der Waals surface area contributed by atoms with Crippen molar-refractivity contribution in [1.82, 2.24) is 20.8 Å². The zero-order chi connectivity index (χ0) is 16.1. The average Bonchev–Trinajstić information content (AvgIpc) is 2.90. The van der Waals surface area contributed by atoms with Crippen LogP contribution in [0.15, 0.2) is 24.3 Å². The van der Waals surface area contributed by atoms with Gasteiger partial charge in [-0.1, -0.05) is 32.0 Å². The highest BCUT2D eigenvalue weighted by molar-refractivity contribution is 6.05. The third-order valence-electron chi connectivity index (χ3n) is 3.45. The molecule has 2 rings (SSSR count). The second-order valence-corrected chi connectivity index (χ2v) is 5.79. The number of carbonyl (C=O) groups excluding carboxylic acids is 2. The molecule has 2 amide bonds. The van der Waals surface area contributed by atoms with Gasteiger partial charge in [0.05, 0.1) is 5.52 Å². The summed E-state index contributed by atoms with van der Waals surface area (Å²) < 4.78 is 0. The highest BCUT2D eigenvalue weighted by atomic mass is 16.2. The summed E-state index contributed by atoms with van der Waals surface area (Å²) in [5.74, 6) is -0.0154. The number of para-hydroxylation sites is 1. The number of rotatable bonds is 6. The van der Waals surface area contributed by atoms with Crippen LogP contribution in [-0.2, 0) is 4.79 Å². The molecule has 1 heterocycles. The Morgan fingerprint density at radius 1 is 1.23 bits per heavy atom. The van der Waals surface area contributed by atoms with Gasteiger partial charge in [-0.2, -0.15) is 5.10 Å². The second-order valence-electron chi connectivity index (χ2n) is 5.79. The molecule has 0 saturated heterocycles. The SMILES string of the molecule is CC(C)CCNC(=O)C(C)NC(=O)c1n[nH]c2ccccc12. The molecule has 1 unspecified atom stereocenters. The van der Waals surface area contributed by atoms with Crippen molar-refractivity contribution in [3.05, 3.63) is 30.0 Å². The maximum atomic E-state index is 12.2. The highest BCUT2D eigenvalue weighted by Gasteiger charge is 2.19. The molecular weight excluding hydrogens is 280 g/mol. The fourth-order valence-electron chi connectivity index (χ4n) is 2.10. The minimum atomic E-state index is -0.602. The number of H-pyrrole nitrogens is 1. The van der Waals surface area contributed by atoms with Gasteiger partial charge >= 0.3 is 0 Å². The van der Waals surface area contributed by atoms with Gasteiger partial charge in [0.25, 0.3) is 5.91 Å². The van der Waals surface area contributed by atoms with E-state index in [2.05, 4.69) is 34.7 Å². The lowest BCUT2D eigenvalue weighted by atomic mass is 10.1. The number of aromatic nitrogens is 2. The van der Waals surface area contributed by atoms with Gasteiger partial charge in [-0.15, -0.1) is 0 Å². The van der Waals surface area contributed by atoms with E-state index >= 15 is 0 Å². The smallest absolute Gasteiger partial charge is 0.273 e. The fraction of sp³-hybridized carbons (Fsp3) is 0.438. The number of fused-ring (bicyclic) bond motifs is 1. The molecule has 1 atom stereocenters. The van der Waals surface area contributed by atoms with Crippen LogP contribution < -0.4 is 10.6 Å². The van der Waals surface area contributed by atoms with Crippen LogP contribution in [0.25, 0.3) is 10.9 Å². The van der Waals surface area contributed by atoms with Gasteiger partial charge in [0.2, 0.25) is 5.91 Å². The molecule has 0 bridgehead atoms. The number of hydrogen-bond acceptors (Lipinski definition) is 3. The first kappa shape index (κ1) is 16.0. The van der Waals surface area contributed by atoms with E-state index in [0.29, 0.717) is 18.2 Å². The molecule has 0 fully saturated rings. The van der Waals surface area contributed by atoms with Crippen molar-refractivity contribution in [2.45, 2.75) is 33.2 Å². The normalized spacial score (nSPS) is 12.4. The largest absolute Gasteiger partial charge is 0.354 e. The van der Waals surface area contributed by atoms with Crippen molar-refractivity contribution in [3.63, 3.8) is 0 Å². The highest BCUT2D eigenvalue weighted by Crippen LogP contribution is 2.14. The quantitative estimate of drug-likeness (QED) is 0.761. The molecule has 118 valence electrons. The molecule has 0 aliphatic rings. The molecule has 0 aliphatic heterocycles. The molecule has 0 radical (unpaired) electrons. The van der Waals surface area contributed by atoms with E-state index in [1.54, 1.807) is 6.92 Å². The van der Waals surface area contributed by atoms with Crippen LogP contribution in [0.5, 0.6) is 0 Å². The Kier molecular flexibility index (Phi) is 5.14. The van der Waals surface area contributed by atoms with Crippen molar-refractivity contribution in [2.24, 2.45) is 5.92 Å². The third-order valence-corrected chi connectivity index (χ3v) is 3.45. The Hall–Kier alpha value is -2.37. The first-order valence-corrected chi connectivity index (χ1v) is 7.50. The number of hydrogen-bond donors (Lipinski definition) is 3. The minimum Gasteiger partial charge on any atom is -0.354 e. The molecular formula is C16H22N4O2. The summed E-state index contributed by atoms with van der Waals surface area (Å²) in [6, 6.07) is 6.78. The van der Waals surface area contributed by atoms with Crippen LogP contribution in [0.1, 0.15) is 37.7 Å². The number of nitrogens with zero attached hydrogens (tertiary/aromatic N) is 1. The third kappa shape index (κ3) is 3.84. The summed E-state index contributed by atoms with van der Waals surface area (Å²) in [7, 11) is 0. The molecule has 0 saturated carbocycles. The lowest BCUT2D eigenvalue weighted by Gasteiger charge is -2.14. The summed E-state index contributed by atoms with van der Waals surface area (Å²) in [6.07, 6.45) is 0.913. The molecule has 3 N–H and O–H groups in total. The van der Waals surface area contributed by atoms with Crippen molar-refractivity contribution in [1.29, 1.82) is 0 Å². The van der Waals surface area contributed by atoms with Gasteiger partial charge in [-0.05, 0) is 25.3 Å². The minimum absolute atomic E-state index is 0.186. The lowest BCUT2D eigenvalue weighted by molar-refractivity contribution is -0.122. The number of nitrogens with one attached hydrogen (secondary N) is 3. The Morgan fingerprint density at radius 3 is 2.68 bits per heavy atom. The Balaban J connectivity index is 1.95. The Labute approximate surface area is 129 Å². The van der Waals surface area contributed by atoms with Crippen LogP contribution in [0, 0.1) is 5.92 Å². The fourth-order valence-corrected chi connectivity index (χ4v) is 2.10. The van der Waals surface area contributed by atoms with Crippen LogP contribution >= 0.6 is 0 Å². The zero-order valence-electron chi connectivity index (χ0n) is 13.1. The van der Waals surface area contributed by atoms with Crippen LogP contribution in [-0.4, -0.2) is 34.6 Å². The summed E-state index contributed by atoms with van der Waals surface area (Å²) >= 11 is 0. The molecule has 22 heavy (non-hydrogen) atoms. The van der Waals surface area contributed by atoms with Crippen LogP contribution in [0.4, 0.5) is 0 Å². The molecule has 0 aliphatic carbocycles. The number of carbonyl (C=O) groups is 2. The van der Waals surface area contributed by atoms with E-state index in [4.69, 9.17) is 0 Å². The van der Waals surface area contributed by atoms with E-state index < -0.39 is 6.04 Å². The zero-order valence-corrected chi connectivity index (χ0v) is 13.1. The van der Waals surface area contributed by atoms with Gasteiger partial charge in [0.1, 0.15) is 6.04 Å². The van der Waals surface area contributed by atoms with Crippen molar-refractivity contribution >= 4 is 22.7 Å². The van der Waals surface area contributed by atoms with Crippen LogP contribution in [0.2, 0.25) is 0 Å². The van der Waals surface area contributed by atoms with E-state index in [1.807, 2.05) is 24.3 Å². The monoisotopic (exact) mass is 302 g/mol. The summed E-state index contributed by atoms with van der Waals surface area (Å²) in [6.45, 7) is 6.47. The predicted molar refractivity (Wildman–Crippen MR) is 85.5 cm³/mol. The molecule has 6 heteroatoms. The van der Waals surface area contributed by atoms with E-state index in [-0.39, 0.29) is 11.8 Å². The van der Waals surface area contributed by atoms with Gasteiger partial charge in [-0.3, -0.25) is 14.7 Å². The lowest BCUT2D eigenvalue weighted by Crippen LogP contribution is -2.45. The standard InChI is InChI=1S/C16H22N4O2/c1-10(2)8-9-17-15(21)11(3)18-16(22)14-12-6-4-5-7-13(12)19-20-14/h4-7,10-11H,8-9H2,1-3H3,(H,17,21)(H,18,22)(H,19,20). The second kappa shape index (κ2) is 7.06. The summed E-state index contributed by atoms with van der Waals surface area (Å²) in [5, 5.41) is 13.1. The summed E-state index contributed by atoms with van der Waals surface area (Å²) in [5.41, 5.74) is 1.10. The van der Waals surface area contributed by atoms with Crippen LogP contribution in [0.3, 0.4) is 0 Å². The molecule has 0 spiro atoms. The van der Waals surface area contributed by atoms with Crippen molar-refractivity contribution in [3.8, 4) is 0 Å². The maximum Gasteiger partial charge on any atom is 0.273 e. The Bertz CT molecular complexity index is 663. The maximum absolute atomic E-state index is 12.2. The van der Waals surface area contributed by atoms with Gasteiger partial charge in [0, 0.05) is 11.9 Å². The van der Waals surface area contributed by atoms with E-state index in [9.17, 15) is 9.59 Å². The van der Waals surface area contributed by atoms with E-state index in [0.717, 1.165) is 17.3 Å². The predicted octanol–water partition coefficient (Wildman–Crippen LogP) is 1.84. The number of benzene rings is 1. The molecule has 2 aromatic rings.